The summed E-state index contributed by atoms with van der Waals surface area (Å²) in [5.41, 5.74) is 0.128. The maximum Gasteiger partial charge on any atom is 0.401 e. The van der Waals surface area contributed by atoms with E-state index in [2.05, 4.69) is 5.32 Å². The summed E-state index contributed by atoms with van der Waals surface area (Å²) in [6.45, 7) is -1.28. The van der Waals surface area contributed by atoms with Gasteiger partial charge in [-0.2, -0.15) is 13.2 Å². The van der Waals surface area contributed by atoms with Crippen molar-refractivity contribution in [1.82, 2.24) is 5.32 Å². The summed E-state index contributed by atoms with van der Waals surface area (Å²) in [6, 6.07) is 3.84. The molecule has 1 aromatic carbocycles. The Bertz CT molecular complexity index is 435. The zero-order valence-corrected chi connectivity index (χ0v) is 9.45. The number of halogens is 3. The molecule has 0 aliphatic rings. The van der Waals surface area contributed by atoms with Crippen LogP contribution in [0.3, 0.4) is 0 Å². The maximum atomic E-state index is 11.9. The Morgan fingerprint density at radius 2 is 2.06 bits per heavy atom. The monoisotopic (exact) mass is 264 g/mol. The third kappa shape index (κ3) is 4.58. The average molecular weight is 264 g/mol. The Kier molecular flexibility index (Phi) is 4.49. The van der Waals surface area contributed by atoms with Crippen LogP contribution in [-0.2, 0) is 6.54 Å². The van der Waals surface area contributed by atoms with Crippen LogP contribution in [0.4, 0.5) is 18.9 Å². The summed E-state index contributed by atoms with van der Waals surface area (Å²) in [5, 5.41) is 12.8. The van der Waals surface area contributed by atoms with Gasteiger partial charge in [-0.25, -0.2) is 0 Å². The van der Waals surface area contributed by atoms with Gasteiger partial charge in [-0.1, -0.05) is 0 Å². The van der Waals surface area contributed by atoms with Crippen molar-refractivity contribution in [3.63, 3.8) is 0 Å². The Morgan fingerprint density at radius 3 is 2.56 bits per heavy atom. The lowest BCUT2D eigenvalue weighted by molar-refractivity contribution is -0.385. The molecule has 8 heteroatoms. The van der Waals surface area contributed by atoms with Crippen molar-refractivity contribution in [3.05, 3.63) is 33.9 Å². The van der Waals surface area contributed by atoms with Crippen LogP contribution < -0.4 is 10.1 Å². The number of non-ortho nitro benzene ring substituents is 1. The molecule has 0 radical (unpaired) electrons. The van der Waals surface area contributed by atoms with Gasteiger partial charge in [0.1, 0.15) is 5.75 Å². The highest BCUT2D eigenvalue weighted by Gasteiger charge is 2.26. The molecule has 100 valence electrons. The van der Waals surface area contributed by atoms with E-state index in [-0.39, 0.29) is 18.0 Å². The number of ether oxygens (including phenoxy) is 1. The number of nitrogens with zero attached hydrogens (tertiary/aromatic N) is 1. The standard InChI is InChI=1S/C10H11F3N2O3/c1-18-9-3-7(2-8(4-9)15(16)17)5-14-6-10(11,12)13/h2-4,14H,5-6H2,1H3. The molecule has 5 nitrogen and oxygen atoms in total. The predicted molar refractivity (Wildman–Crippen MR) is 57.4 cm³/mol. The van der Waals surface area contributed by atoms with Gasteiger partial charge in [0, 0.05) is 12.6 Å². The van der Waals surface area contributed by atoms with Gasteiger partial charge in [0.15, 0.2) is 0 Å². The van der Waals surface area contributed by atoms with E-state index in [9.17, 15) is 23.3 Å². The molecule has 0 aliphatic carbocycles. The third-order valence-corrected chi connectivity index (χ3v) is 2.05. The van der Waals surface area contributed by atoms with E-state index in [1.165, 1.54) is 25.3 Å². The molecular weight excluding hydrogens is 253 g/mol. The van der Waals surface area contributed by atoms with Crippen LogP contribution >= 0.6 is 0 Å². The van der Waals surface area contributed by atoms with Crippen molar-refractivity contribution in [2.45, 2.75) is 12.7 Å². The van der Waals surface area contributed by atoms with Crippen LogP contribution in [0.2, 0.25) is 0 Å². The van der Waals surface area contributed by atoms with Gasteiger partial charge in [0.25, 0.3) is 5.69 Å². The molecule has 0 saturated carbocycles. The van der Waals surface area contributed by atoms with Gasteiger partial charge in [-0.05, 0) is 11.6 Å². The smallest absolute Gasteiger partial charge is 0.401 e. The summed E-state index contributed by atoms with van der Waals surface area (Å²) < 4.78 is 40.6. The van der Waals surface area contributed by atoms with Gasteiger partial charge < -0.3 is 10.1 Å². The van der Waals surface area contributed by atoms with Crippen LogP contribution in [-0.4, -0.2) is 24.8 Å². The lowest BCUT2D eigenvalue weighted by Gasteiger charge is -2.09. The molecule has 1 rings (SSSR count). The molecule has 0 saturated heterocycles. The van der Waals surface area contributed by atoms with Crippen LogP contribution in [0.25, 0.3) is 0 Å². The SMILES string of the molecule is COc1cc(CNCC(F)(F)F)cc([N+](=O)[O-])c1. The minimum atomic E-state index is -4.31. The molecule has 1 N–H and O–H groups in total. The zero-order chi connectivity index (χ0) is 13.8. The van der Waals surface area contributed by atoms with Gasteiger partial charge >= 0.3 is 6.18 Å². The van der Waals surface area contributed by atoms with Crippen LogP contribution in [0, 0.1) is 10.1 Å². The molecule has 0 amide bonds. The molecule has 1 aromatic rings. The lowest BCUT2D eigenvalue weighted by atomic mass is 10.2. The number of alkyl halides is 3. The Balaban J connectivity index is 2.76. The number of nitro groups is 1. The molecule has 0 fully saturated rings. The van der Waals surface area contributed by atoms with Crippen LogP contribution in [0.1, 0.15) is 5.56 Å². The fraction of sp³-hybridized carbons (Fsp3) is 0.400. The molecule has 0 aromatic heterocycles. The second kappa shape index (κ2) is 5.67. The second-order valence-corrected chi connectivity index (χ2v) is 3.52. The van der Waals surface area contributed by atoms with Gasteiger partial charge in [0.2, 0.25) is 0 Å². The molecule has 0 bridgehead atoms. The van der Waals surface area contributed by atoms with Crippen molar-refractivity contribution in [2.75, 3.05) is 13.7 Å². The molecule has 18 heavy (non-hydrogen) atoms. The van der Waals surface area contributed by atoms with E-state index in [1.807, 2.05) is 0 Å². The topological polar surface area (TPSA) is 64.4 Å². The predicted octanol–water partition coefficient (Wildman–Crippen LogP) is 2.26. The Morgan fingerprint density at radius 1 is 1.39 bits per heavy atom. The van der Waals surface area contributed by atoms with E-state index in [4.69, 9.17) is 4.74 Å². The summed E-state index contributed by atoms with van der Waals surface area (Å²) in [6.07, 6.45) is -4.31. The Labute approximate surface area is 101 Å². The van der Waals surface area contributed by atoms with E-state index in [0.717, 1.165) is 0 Å². The van der Waals surface area contributed by atoms with Gasteiger partial charge in [-0.15, -0.1) is 0 Å². The summed E-state index contributed by atoms with van der Waals surface area (Å²) >= 11 is 0. The summed E-state index contributed by atoms with van der Waals surface area (Å²) in [4.78, 5) is 9.97. The minimum absolute atomic E-state index is 0.127. The van der Waals surface area contributed by atoms with Crippen molar-refractivity contribution in [1.29, 1.82) is 0 Å². The lowest BCUT2D eigenvalue weighted by Crippen LogP contribution is -2.28. The van der Waals surface area contributed by atoms with Crippen molar-refractivity contribution in [2.24, 2.45) is 0 Å². The first-order valence-corrected chi connectivity index (χ1v) is 4.91. The number of nitro benzene ring substituents is 1. The van der Waals surface area contributed by atoms with E-state index >= 15 is 0 Å². The zero-order valence-electron chi connectivity index (χ0n) is 9.45. The highest BCUT2D eigenvalue weighted by Crippen LogP contribution is 2.22. The number of nitrogens with one attached hydrogen (secondary N) is 1. The number of hydrogen-bond acceptors (Lipinski definition) is 4. The molecule has 0 unspecified atom stereocenters. The largest absolute Gasteiger partial charge is 0.496 e. The fourth-order valence-electron chi connectivity index (χ4n) is 1.32. The maximum absolute atomic E-state index is 11.9. The summed E-state index contributed by atoms with van der Waals surface area (Å²) in [7, 11) is 1.33. The summed E-state index contributed by atoms with van der Waals surface area (Å²) in [5.74, 6) is 0.230. The first kappa shape index (κ1) is 14.2. The number of methoxy groups -OCH3 is 1. The highest BCUT2D eigenvalue weighted by atomic mass is 19.4. The first-order valence-electron chi connectivity index (χ1n) is 4.91. The highest BCUT2D eigenvalue weighted by molar-refractivity contribution is 5.42. The normalized spacial score (nSPS) is 11.3. The molecule has 0 heterocycles. The minimum Gasteiger partial charge on any atom is -0.496 e. The van der Waals surface area contributed by atoms with Crippen molar-refractivity contribution >= 4 is 5.69 Å². The van der Waals surface area contributed by atoms with E-state index in [1.54, 1.807) is 0 Å². The van der Waals surface area contributed by atoms with E-state index in [0.29, 0.717) is 5.56 Å². The van der Waals surface area contributed by atoms with Gasteiger partial charge in [-0.3, -0.25) is 10.1 Å². The number of hydrogen-bond donors (Lipinski definition) is 1. The molecule has 0 atom stereocenters. The van der Waals surface area contributed by atoms with Crippen molar-refractivity contribution in [3.8, 4) is 5.75 Å². The molecule has 0 aliphatic heterocycles. The van der Waals surface area contributed by atoms with Crippen LogP contribution in [0.5, 0.6) is 5.75 Å². The second-order valence-electron chi connectivity index (χ2n) is 3.52. The quantitative estimate of drug-likeness (QED) is 0.654. The first-order chi connectivity index (χ1) is 8.31. The van der Waals surface area contributed by atoms with Gasteiger partial charge in [0.05, 0.1) is 24.6 Å². The fourth-order valence-corrected chi connectivity index (χ4v) is 1.32. The van der Waals surface area contributed by atoms with E-state index < -0.39 is 17.6 Å². The van der Waals surface area contributed by atoms with Crippen molar-refractivity contribution < 1.29 is 22.8 Å². The van der Waals surface area contributed by atoms with Crippen LogP contribution in [0.15, 0.2) is 18.2 Å². The number of benzene rings is 1. The third-order valence-electron chi connectivity index (χ3n) is 2.05. The Hall–Kier alpha value is -1.83. The molecule has 0 spiro atoms. The molecular formula is C10H11F3N2O3. The average Bonchev–Trinajstić information content (AvgIpc) is 2.26. The number of rotatable bonds is 5.